The van der Waals surface area contributed by atoms with Crippen LogP contribution in [0.5, 0.6) is 0 Å². The SMILES string of the molecule is C[C@]12CC[C@@H](O)C[C@@H]1CC[C@H]1[C@H]3CC/C(=N\N)[C@@]3(C)CC[C@@H]12. The maximum atomic E-state index is 10.1. The van der Waals surface area contributed by atoms with Crippen LogP contribution in [0.2, 0.25) is 0 Å². The molecule has 0 aromatic carbocycles. The fourth-order valence-electron chi connectivity index (χ4n) is 7.24. The molecule has 3 N–H and O–H groups in total. The molecule has 4 rings (SSSR count). The second-order valence-electron chi connectivity index (χ2n) is 9.16. The average Bonchev–Trinajstić information content (AvgIpc) is 2.84. The highest BCUT2D eigenvalue weighted by Gasteiger charge is 2.59. The van der Waals surface area contributed by atoms with Gasteiger partial charge in [-0.15, -0.1) is 0 Å². The zero-order chi connectivity index (χ0) is 15.5. The predicted molar refractivity (Wildman–Crippen MR) is 89.4 cm³/mol. The quantitative estimate of drug-likeness (QED) is 0.529. The maximum Gasteiger partial charge on any atom is 0.0543 e. The smallest absolute Gasteiger partial charge is 0.0543 e. The average molecular weight is 304 g/mol. The molecular formula is C19H32N2O. The number of aliphatic hydroxyl groups excluding tert-OH is 1. The number of hydrogen-bond acceptors (Lipinski definition) is 3. The number of fused-ring (bicyclic) bond motifs is 5. The van der Waals surface area contributed by atoms with Gasteiger partial charge in [-0.3, -0.25) is 0 Å². The van der Waals surface area contributed by atoms with Crippen molar-refractivity contribution in [2.75, 3.05) is 0 Å². The van der Waals surface area contributed by atoms with Gasteiger partial charge in [0.25, 0.3) is 0 Å². The van der Waals surface area contributed by atoms with Gasteiger partial charge in [0, 0.05) is 11.1 Å². The fourth-order valence-corrected chi connectivity index (χ4v) is 7.24. The molecule has 3 heteroatoms. The van der Waals surface area contributed by atoms with Crippen molar-refractivity contribution in [2.24, 2.45) is 45.4 Å². The van der Waals surface area contributed by atoms with Crippen molar-refractivity contribution < 1.29 is 5.11 Å². The van der Waals surface area contributed by atoms with Gasteiger partial charge in [0.1, 0.15) is 0 Å². The standard InChI is InChI=1S/C19H32N2O/c1-18-9-7-13(22)11-12(18)3-4-14-15-5-6-17(21-20)19(15,2)10-8-16(14)18/h12-16,22H,3-11,20H2,1-2H3/b21-17+/t12-,13+,14-,15+,16-,18-,19-/m0/s1. The first-order valence-corrected chi connectivity index (χ1v) is 9.44. The molecule has 4 fully saturated rings. The first-order valence-electron chi connectivity index (χ1n) is 9.44. The maximum absolute atomic E-state index is 10.1. The van der Waals surface area contributed by atoms with Gasteiger partial charge < -0.3 is 10.9 Å². The number of aliphatic hydroxyl groups is 1. The van der Waals surface area contributed by atoms with Crippen LogP contribution in [0.15, 0.2) is 5.10 Å². The molecule has 4 saturated carbocycles. The van der Waals surface area contributed by atoms with Gasteiger partial charge >= 0.3 is 0 Å². The number of hydrogen-bond donors (Lipinski definition) is 2. The molecule has 7 atom stereocenters. The lowest BCUT2D eigenvalue weighted by molar-refractivity contribution is -0.113. The van der Waals surface area contributed by atoms with Crippen molar-refractivity contribution in [3.05, 3.63) is 0 Å². The number of rotatable bonds is 0. The third-order valence-corrected chi connectivity index (χ3v) is 8.53. The lowest BCUT2D eigenvalue weighted by Gasteiger charge is -2.60. The van der Waals surface area contributed by atoms with Gasteiger partial charge in [-0.25, -0.2) is 0 Å². The van der Waals surface area contributed by atoms with Crippen molar-refractivity contribution >= 4 is 5.71 Å². The highest BCUT2D eigenvalue weighted by Crippen LogP contribution is 2.65. The number of nitrogens with two attached hydrogens (primary N) is 1. The van der Waals surface area contributed by atoms with Gasteiger partial charge in [0.2, 0.25) is 0 Å². The highest BCUT2D eigenvalue weighted by atomic mass is 16.3. The molecule has 0 radical (unpaired) electrons. The van der Waals surface area contributed by atoms with Crippen LogP contribution < -0.4 is 5.84 Å². The second kappa shape index (κ2) is 4.96. The van der Waals surface area contributed by atoms with Crippen LogP contribution in [0.4, 0.5) is 0 Å². The summed E-state index contributed by atoms with van der Waals surface area (Å²) in [6.07, 6.45) is 11.0. The summed E-state index contributed by atoms with van der Waals surface area (Å²) in [6.45, 7) is 4.99. The topological polar surface area (TPSA) is 58.6 Å². The van der Waals surface area contributed by atoms with Gasteiger partial charge in [-0.2, -0.15) is 5.10 Å². The lowest BCUT2D eigenvalue weighted by Crippen LogP contribution is -2.54. The summed E-state index contributed by atoms with van der Waals surface area (Å²) < 4.78 is 0. The van der Waals surface area contributed by atoms with E-state index in [2.05, 4.69) is 18.9 Å². The van der Waals surface area contributed by atoms with E-state index in [1.807, 2.05) is 0 Å². The monoisotopic (exact) mass is 304 g/mol. The summed E-state index contributed by atoms with van der Waals surface area (Å²) in [6, 6.07) is 0. The Morgan fingerprint density at radius 3 is 2.64 bits per heavy atom. The van der Waals surface area contributed by atoms with E-state index >= 15 is 0 Å². The first kappa shape index (κ1) is 15.0. The highest BCUT2D eigenvalue weighted by molar-refractivity contribution is 5.92. The van der Waals surface area contributed by atoms with Crippen LogP contribution >= 0.6 is 0 Å². The van der Waals surface area contributed by atoms with Crippen LogP contribution in [0.3, 0.4) is 0 Å². The molecule has 0 amide bonds. The predicted octanol–water partition coefficient (Wildman–Crippen LogP) is 3.70. The third-order valence-electron chi connectivity index (χ3n) is 8.53. The number of hydrazone groups is 1. The van der Waals surface area contributed by atoms with Crippen LogP contribution in [0.25, 0.3) is 0 Å². The Balaban J connectivity index is 1.63. The van der Waals surface area contributed by atoms with Gasteiger partial charge in [0.15, 0.2) is 0 Å². The summed E-state index contributed by atoms with van der Waals surface area (Å²) in [5.74, 6) is 9.00. The second-order valence-corrected chi connectivity index (χ2v) is 9.16. The van der Waals surface area contributed by atoms with E-state index in [9.17, 15) is 5.11 Å². The Bertz CT molecular complexity index is 490. The van der Waals surface area contributed by atoms with Gasteiger partial charge in [-0.05, 0) is 86.9 Å². The normalized spacial score (nSPS) is 56.3. The molecule has 0 aromatic rings. The minimum absolute atomic E-state index is 0.0362. The molecule has 4 aliphatic rings. The summed E-state index contributed by atoms with van der Waals surface area (Å²) in [5, 5.41) is 14.3. The van der Waals surface area contributed by atoms with Gasteiger partial charge in [-0.1, -0.05) is 13.8 Å². The molecule has 3 nitrogen and oxygen atoms in total. The molecule has 0 aliphatic heterocycles. The van der Waals surface area contributed by atoms with E-state index in [1.54, 1.807) is 0 Å². The lowest BCUT2D eigenvalue weighted by atomic mass is 9.45. The first-order chi connectivity index (χ1) is 10.5. The Kier molecular flexibility index (Phi) is 3.38. The molecule has 124 valence electrons. The van der Waals surface area contributed by atoms with Crippen LogP contribution in [0, 0.1) is 34.5 Å². The Labute approximate surface area is 134 Å². The molecule has 4 aliphatic carbocycles. The summed E-state index contributed by atoms with van der Waals surface area (Å²) in [4.78, 5) is 0. The van der Waals surface area contributed by atoms with Gasteiger partial charge in [0.05, 0.1) is 6.10 Å². The molecule has 0 bridgehead atoms. The summed E-state index contributed by atoms with van der Waals surface area (Å²) in [5.41, 5.74) is 2.06. The zero-order valence-electron chi connectivity index (χ0n) is 14.2. The van der Waals surface area contributed by atoms with Crippen LogP contribution in [0.1, 0.15) is 71.6 Å². The summed E-state index contributed by atoms with van der Waals surface area (Å²) >= 11 is 0. The summed E-state index contributed by atoms with van der Waals surface area (Å²) in [7, 11) is 0. The van der Waals surface area contributed by atoms with Crippen molar-refractivity contribution in [1.82, 2.24) is 0 Å². The van der Waals surface area contributed by atoms with Crippen molar-refractivity contribution in [3.63, 3.8) is 0 Å². The molecule has 0 saturated heterocycles. The number of nitrogens with zero attached hydrogens (tertiary/aromatic N) is 1. The van der Waals surface area contributed by atoms with Crippen LogP contribution in [-0.4, -0.2) is 16.9 Å². The van der Waals surface area contributed by atoms with E-state index in [4.69, 9.17) is 5.84 Å². The molecule has 22 heavy (non-hydrogen) atoms. The molecule has 0 heterocycles. The van der Waals surface area contributed by atoms with E-state index in [0.29, 0.717) is 5.41 Å². The molecule has 0 unspecified atom stereocenters. The Morgan fingerprint density at radius 1 is 1.05 bits per heavy atom. The van der Waals surface area contributed by atoms with Crippen molar-refractivity contribution in [3.8, 4) is 0 Å². The minimum atomic E-state index is -0.0362. The minimum Gasteiger partial charge on any atom is -0.393 e. The molecule has 0 aromatic heterocycles. The molecule has 0 spiro atoms. The zero-order valence-corrected chi connectivity index (χ0v) is 14.2. The molecular weight excluding hydrogens is 272 g/mol. The van der Waals surface area contributed by atoms with Crippen molar-refractivity contribution in [1.29, 1.82) is 0 Å². The Hall–Kier alpha value is -0.570. The van der Waals surface area contributed by atoms with E-state index < -0.39 is 0 Å². The van der Waals surface area contributed by atoms with Crippen LogP contribution in [-0.2, 0) is 0 Å². The van der Waals surface area contributed by atoms with E-state index in [-0.39, 0.29) is 11.5 Å². The van der Waals surface area contributed by atoms with Crippen molar-refractivity contribution in [2.45, 2.75) is 77.7 Å². The largest absolute Gasteiger partial charge is 0.393 e. The van der Waals surface area contributed by atoms with E-state index in [1.165, 1.54) is 44.2 Å². The van der Waals surface area contributed by atoms with E-state index in [0.717, 1.165) is 42.9 Å². The fraction of sp³-hybridized carbons (Fsp3) is 0.947. The Morgan fingerprint density at radius 2 is 1.86 bits per heavy atom. The third kappa shape index (κ3) is 1.87.